The summed E-state index contributed by atoms with van der Waals surface area (Å²) in [6.07, 6.45) is 1.74. The number of thiophene rings is 1. The molecule has 2 aromatic rings. The summed E-state index contributed by atoms with van der Waals surface area (Å²) in [6, 6.07) is 2.04. The first-order valence-electron chi connectivity index (χ1n) is 4.15. The maximum Gasteiger partial charge on any atom is 0.284 e. The SMILES string of the molecule is CC(C)n1ncc2ccsc2c1=O. The molecule has 0 bridgehead atoms. The minimum absolute atomic E-state index is 0.0162. The van der Waals surface area contributed by atoms with Crippen molar-refractivity contribution in [3.05, 3.63) is 28.0 Å². The zero-order valence-electron chi connectivity index (χ0n) is 7.52. The lowest BCUT2D eigenvalue weighted by molar-refractivity contribution is 0.508. The molecule has 2 rings (SSSR count). The average Bonchev–Trinajstić information content (AvgIpc) is 2.52. The monoisotopic (exact) mass is 194 g/mol. The van der Waals surface area contributed by atoms with Gasteiger partial charge in [0.2, 0.25) is 0 Å². The van der Waals surface area contributed by atoms with Gasteiger partial charge in [0.15, 0.2) is 0 Å². The molecule has 0 saturated heterocycles. The van der Waals surface area contributed by atoms with Gasteiger partial charge in [0, 0.05) is 5.39 Å². The third-order valence-corrected chi connectivity index (χ3v) is 2.83. The molecule has 2 heterocycles. The van der Waals surface area contributed by atoms with Gasteiger partial charge in [-0.3, -0.25) is 4.79 Å². The van der Waals surface area contributed by atoms with E-state index < -0.39 is 0 Å². The normalized spacial score (nSPS) is 11.3. The van der Waals surface area contributed by atoms with E-state index in [1.165, 1.54) is 16.0 Å². The molecule has 0 saturated carbocycles. The minimum Gasteiger partial charge on any atom is -0.266 e. The lowest BCUT2D eigenvalue weighted by atomic mass is 10.3. The Balaban J connectivity index is 2.81. The van der Waals surface area contributed by atoms with Crippen LogP contribution in [0.1, 0.15) is 19.9 Å². The topological polar surface area (TPSA) is 34.9 Å². The summed E-state index contributed by atoms with van der Waals surface area (Å²) >= 11 is 1.47. The van der Waals surface area contributed by atoms with Gasteiger partial charge < -0.3 is 0 Å². The number of aromatic nitrogens is 2. The van der Waals surface area contributed by atoms with Crippen molar-refractivity contribution in [2.75, 3.05) is 0 Å². The van der Waals surface area contributed by atoms with Crippen LogP contribution < -0.4 is 5.56 Å². The highest BCUT2D eigenvalue weighted by Crippen LogP contribution is 2.15. The van der Waals surface area contributed by atoms with Gasteiger partial charge in [-0.25, -0.2) is 4.68 Å². The molecular formula is C9H10N2OS. The van der Waals surface area contributed by atoms with E-state index in [-0.39, 0.29) is 11.6 Å². The molecule has 4 heteroatoms. The molecule has 0 aromatic carbocycles. The van der Waals surface area contributed by atoms with E-state index >= 15 is 0 Å². The van der Waals surface area contributed by atoms with Crippen LogP contribution in [0, 0.1) is 0 Å². The van der Waals surface area contributed by atoms with Crippen LogP contribution in [0.15, 0.2) is 22.4 Å². The van der Waals surface area contributed by atoms with Crippen molar-refractivity contribution in [3.63, 3.8) is 0 Å². The predicted octanol–water partition coefficient (Wildman–Crippen LogP) is 2.04. The van der Waals surface area contributed by atoms with Gasteiger partial charge >= 0.3 is 0 Å². The Morgan fingerprint density at radius 2 is 2.31 bits per heavy atom. The maximum atomic E-state index is 11.7. The van der Waals surface area contributed by atoms with Crippen LogP contribution in [0.4, 0.5) is 0 Å². The zero-order valence-corrected chi connectivity index (χ0v) is 8.34. The van der Waals surface area contributed by atoms with Crippen molar-refractivity contribution < 1.29 is 0 Å². The molecule has 0 aliphatic heterocycles. The molecule has 0 atom stereocenters. The Hall–Kier alpha value is -1.16. The number of nitrogens with zero attached hydrogens (tertiary/aromatic N) is 2. The molecule has 0 N–H and O–H groups in total. The summed E-state index contributed by atoms with van der Waals surface area (Å²) in [5, 5.41) is 6.94. The number of hydrogen-bond donors (Lipinski definition) is 0. The number of rotatable bonds is 1. The third kappa shape index (κ3) is 1.27. The van der Waals surface area contributed by atoms with E-state index in [2.05, 4.69) is 5.10 Å². The Morgan fingerprint density at radius 3 is 3.00 bits per heavy atom. The summed E-state index contributed by atoms with van der Waals surface area (Å²) in [5.41, 5.74) is 0.0162. The van der Waals surface area contributed by atoms with Gasteiger partial charge in [-0.2, -0.15) is 5.10 Å². The van der Waals surface area contributed by atoms with E-state index in [0.29, 0.717) is 0 Å². The summed E-state index contributed by atoms with van der Waals surface area (Å²) in [7, 11) is 0. The fourth-order valence-electron chi connectivity index (χ4n) is 1.24. The molecular weight excluding hydrogens is 184 g/mol. The van der Waals surface area contributed by atoms with Crippen LogP contribution in [-0.2, 0) is 0 Å². The smallest absolute Gasteiger partial charge is 0.266 e. The summed E-state index contributed by atoms with van der Waals surface area (Å²) < 4.78 is 2.31. The number of hydrogen-bond acceptors (Lipinski definition) is 3. The van der Waals surface area contributed by atoms with Crippen molar-refractivity contribution >= 4 is 21.4 Å². The molecule has 68 valence electrons. The van der Waals surface area contributed by atoms with Gasteiger partial charge in [0.1, 0.15) is 4.70 Å². The van der Waals surface area contributed by atoms with Crippen LogP contribution >= 0.6 is 11.3 Å². The first-order chi connectivity index (χ1) is 6.20. The molecule has 0 spiro atoms. The zero-order chi connectivity index (χ0) is 9.42. The Bertz CT molecular complexity index is 484. The first-order valence-corrected chi connectivity index (χ1v) is 5.03. The fourth-order valence-corrected chi connectivity index (χ4v) is 2.05. The van der Waals surface area contributed by atoms with Gasteiger partial charge in [-0.05, 0) is 25.3 Å². The quantitative estimate of drug-likeness (QED) is 0.696. The highest BCUT2D eigenvalue weighted by atomic mass is 32.1. The second-order valence-electron chi connectivity index (χ2n) is 3.19. The summed E-state index contributed by atoms with van der Waals surface area (Å²) in [4.78, 5) is 11.7. The van der Waals surface area contributed by atoms with Crippen molar-refractivity contribution in [2.45, 2.75) is 19.9 Å². The van der Waals surface area contributed by atoms with E-state index in [1.807, 2.05) is 25.3 Å². The second-order valence-corrected chi connectivity index (χ2v) is 4.11. The van der Waals surface area contributed by atoms with Gasteiger partial charge in [-0.15, -0.1) is 11.3 Å². The van der Waals surface area contributed by atoms with Gasteiger partial charge in [0.05, 0.1) is 12.2 Å². The lowest BCUT2D eigenvalue weighted by Gasteiger charge is -2.06. The van der Waals surface area contributed by atoms with Crippen molar-refractivity contribution in [1.82, 2.24) is 9.78 Å². The molecule has 3 nitrogen and oxygen atoms in total. The molecule has 0 fully saturated rings. The van der Waals surface area contributed by atoms with Crippen LogP contribution in [0.2, 0.25) is 0 Å². The van der Waals surface area contributed by atoms with Crippen LogP contribution in [0.5, 0.6) is 0 Å². The maximum absolute atomic E-state index is 11.7. The molecule has 2 aromatic heterocycles. The van der Waals surface area contributed by atoms with Crippen molar-refractivity contribution in [2.24, 2.45) is 0 Å². The Morgan fingerprint density at radius 1 is 1.54 bits per heavy atom. The molecule has 0 aliphatic rings. The fraction of sp³-hybridized carbons (Fsp3) is 0.333. The highest BCUT2D eigenvalue weighted by molar-refractivity contribution is 7.17. The molecule has 0 unspecified atom stereocenters. The lowest BCUT2D eigenvalue weighted by Crippen LogP contribution is -2.23. The van der Waals surface area contributed by atoms with Gasteiger partial charge in [-0.1, -0.05) is 0 Å². The van der Waals surface area contributed by atoms with Crippen LogP contribution in [-0.4, -0.2) is 9.78 Å². The Kier molecular flexibility index (Phi) is 1.92. The summed E-state index contributed by atoms with van der Waals surface area (Å²) in [5.74, 6) is 0. The second kappa shape index (κ2) is 2.96. The summed E-state index contributed by atoms with van der Waals surface area (Å²) in [6.45, 7) is 3.90. The van der Waals surface area contributed by atoms with Crippen LogP contribution in [0.25, 0.3) is 10.1 Å². The van der Waals surface area contributed by atoms with E-state index in [1.54, 1.807) is 6.20 Å². The van der Waals surface area contributed by atoms with Crippen LogP contribution in [0.3, 0.4) is 0 Å². The highest BCUT2D eigenvalue weighted by Gasteiger charge is 2.06. The molecule has 13 heavy (non-hydrogen) atoms. The Labute approximate surface area is 79.6 Å². The van der Waals surface area contributed by atoms with E-state index in [0.717, 1.165) is 10.1 Å². The number of fused-ring (bicyclic) bond motifs is 1. The molecule has 0 radical (unpaired) electrons. The van der Waals surface area contributed by atoms with Crippen molar-refractivity contribution in [3.8, 4) is 0 Å². The first kappa shape index (κ1) is 8.44. The average molecular weight is 194 g/mol. The molecule has 0 aliphatic carbocycles. The predicted molar refractivity (Wildman–Crippen MR) is 54.3 cm³/mol. The van der Waals surface area contributed by atoms with E-state index in [9.17, 15) is 4.79 Å². The van der Waals surface area contributed by atoms with Crippen molar-refractivity contribution in [1.29, 1.82) is 0 Å². The third-order valence-electron chi connectivity index (χ3n) is 1.91. The molecule has 0 amide bonds. The standard InChI is InChI=1S/C9H10N2OS/c1-6(2)11-9(12)8-7(5-10-11)3-4-13-8/h3-6H,1-2H3. The largest absolute Gasteiger partial charge is 0.284 e. The van der Waals surface area contributed by atoms with Gasteiger partial charge in [0.25, 0.3) is 5.56 Å². The van der Waals surface area contributed by atoms with E-state index in [4.69, 9.17) is 0 Å². The minimum atomic E-state index is 0.0162.